The predicted octanol–water partition coefficient (Wildman–Crippen LogP) is 2.58. The molecule has 1 aromatic carbocycles. The average molecular weight is 356 g/mol. The van der Waals surface area contributed by atoms with Gasteiger partial charge in [-0.1, -0.05) is 13.8 Å². The van der Waals surface area contributed by atoms with Crippen molar-refractivity contribution in [3.8, 4) is 5.88 Å². The summed E-state index contributed by atoms with van der Waals surface area (Å²) in [6.45, 7) is 11.5. The summed E-state index contributed by atoms with van der Waals surface area (Å²) in [5.41, 5.74) is 2.15. The second-order valence-electron chi connectivity index (χ2n) is 7.67. The molecule has 4 rings (SSSR count). The van der Waals surface area contributed by atoms with Crippen LogP contribution in [0.4, 0.5) is 5.69 Å². The molecule has 3 heterocycles. The third-order valence-electron chi connectivity index (χ3n) is 5.11. The molecule has 6 nitrogen and oxygen atoms in total. The highest BCUT2D eigenvalue weighted by Crippen LogP contribution is 2.28. The monoisotopic (exact) mass is 356 g/mol. The normalized spacial score (nSPS) is 21.7. The zero-order valence-corrected chi connectivity index (χ0v) is 15.7. The van der Waals surface area contributed by atoms with Crippen LogP contribution in [0.3, 0.4) is 0 Å². The molecular formula is C20H28N4O2. The Labute approximate surface area is 155 Å². The van der Waals surface area contributed by atoms with Gasteiger partial charge in [-0.3, -0.25) is 4.90 Å². The highest BCUT2D eigenvalue weighted by molar-refractivity contribution is 5.86. The maximum Gasteiger partial charge on any atom is 0.224 e. The van der Waals surface area contributed by atoms with Gasteiger partial charge in [0, 0.05) is 44.8 Å². The minimum Gasteiger partial charge on any atom is -0.471 e. The molecule has 0 saturated carbocycles. The first-order valence-corrected chi connectivity index (χ1v) is 9.65. The van der Waals surface area contributed by atoms with Crippen LogP contribution in [-0.4, -0.2) is 66.9 Å². The topological polar surface area (TPSA) is 50.7 Å². The van der Waals surface area contributed by atoms with Crippen LogP contribution in [0.25, 0.3) is 10.9 Å². The van der Waals surface area contributed by atoms with Crippen molar-refractivity contribution < 1.29 is 9.47 Å². The molecule has 0 bridgehead atoms. The minimum atomic E-state index is 0.0938. The van der Waals surface area contributed by atoms with Gasteiger partial charge in [0.25, 0.3) is 0 Å². The van der Waals surface area contributed by atoms with Gasteiger partial charge in [0.1, 0.15) is 12.4 Å². The van der Waals surface area contributed by atoms with Crippen molar-refractivity contribution in [2.24, 2.45) is 5.92 Å². The number of anilines is 1. The molecule has 140 valence electrons. The number of hydrogen-bond donors (Lipinski definition) is 0. The smallest absolute Gasteiger partial charge is 0.224 e. The van der Waals surface area contributed by atoms with E-state index in [-0.39, 0.29) is 6.10 Å². The first kappa shape index (κ1) is 17.5. The summed E-state index contributed by atoms with van der Waals surface area (Å²) in [7, 11) is 0. The van der Waals surface area contributed by atoms with Crippen molar-refractivity contribution in [3.63, 3.8) is 0 Å². The molecule has 26 heavy (non-hydrogen) atoms. The van der Waals surface area contributed by atoms with E-state index in [1.807, 2.05) is 0 Å². The molecule has 0 aliphatic carbocycles. The van der Waals surface area contributed by atoms with Gasteiger partial charge >= 0.3 is 0 Å². The van der Waals surface area contributed by atoms with Crippen LogP contribution in [0.5, 0.6) is 5.88 Å². The van der Waals surface area contributed by atoms with E-state index >= 15 is 0 Å². The Hall–Kier alpha value is -1.92. The van der Waals surface area contributed by atoms with Gasteiger partial charge in [-0.15, -0.1) is 0 Å². The van der Waals surface area contributed by atoms with Crippen molar-refractivity contribution in [3.05, 3.63) is 24.5 Å². The predicted molar refractivity (Wildman–Crippen MR) is 103 cm³/mol. The Morgan fingerprint density at radius 1 is 1.19 bits per heavy atom. The molecule has 0 spiro atoms. The zero-order chi connectivity index (χ0) is 17.9. The Kier molecular flexibility index (Phi) is 5.22. The lowest BCUT2D eigenvalue weighted by Gasteiger charge is -2.37. The van der Waals surface area contributed by atoms with Gasteiger partial charge in [-0.25, -0.2) is 9.97 Å². The van der Waals surface area contributed by atoms with Crippen LogP contribution >= 0.6 is 0 Å². The van der Waals surface area contributed by atoms with Crippen LogP contribution in [0.1, 0.15) is 20.3 Å². The summed E-state index contributed by atoms with van der Waals surface area (Å²) in [6, 6.07) is 6.42. The molecule has 1 atom stereocenters. The van der Waals surface area contributed by atoms with Gasteiger partial charge in [-0.2, -0.15) is 0 Å². The van der Waals surface area contributed by atoms with E-state index in [0.717, 1.165) is 56.0 Å². The van der Waals surface area contributed by atoms with Gasteiger partial charge in [-0.05, 0) is 24.1 Å². The summed E-state index contributed by atoms with van der Waals surface area (Å²) >= 11 is 0. The number of fused-ring (bicyclic) bond motifs is 1. The minimum absolute atomic E-state index is 0.0938. The standard InChI is InChI=1S/C20H28N4O2/c1-15(2)12-23-6-8-24(9-7-23)16-3-4-19-18(11-16)20(22-14-21-19)26-17-5-10-25-13-17/h3-4,11,14-15,17H,5-10,12-13H2,1-2H3. The van der Waals surface area contributed by atoms with E-state index < -0.39 is 0 Å². The van der Waals surface area contributed by atoms with Crippen LogP contribution in [0.15, 0.2) is 24.5 Å². The molecular weight excluding hydrogens is 328 g/mol. The largest absolute Gasteiger partial charge is 0.471 e. The van der Waals surface area contributed by atoms with Gasteiger partial charge in [0.15, 0.2) is 0 Å². The van der Waals surface area contributed by atoms with Crippen LogP contribution < -0.4 is 9.64 Å². The van der Waals surface area contributed by atoms with E-state index in [1.165, 1.54) is 12.2 Å². The summed E-state index contributed by atoms with van der Waals surface area (Å²) < 4.78 is 11.5. The molecule has 0 amide bonds. The van der Waals surface area contributed by atoms with Crippen LogP contribution in [-0.2, 0) is 4.74 Å². The summed E-state index contributed by atoms with van der Waals surface area (Å²) in [6.07, 6.45) is 2.59. The molecule has 0 N–H and O–H groups in total. The summed E-state index contributed by atoms with van der Waals surface area (Å²) in [4.78, 5) is 13.8. The molecule has 2 aromatic rings. The lowest BCUT2D eigenvalue weighted by molar-refractivity contribution is 0.139. The van der Waals surface area contributed by atoms with Gasteiger partial charge in [0.05, 0.1) is 24.1 Å². The fraction of sp³-hybridized carbons (Fsp3) is 0.600. The number of hydrogen-bond acceptors (Lipinski definition) is 6. The molecule has 2 fully saturated rings. The SMILES string of the molecule is CC(C)CN1CCN(c2ccc3ncnc(OC4CCOC4)c3c2)CC1. The van der Waals surface area contributed by atoms with E-state index in [9.17, 15) is 0 Å². The molecule has 2 saturated heterocycles. The zero-order valence-electron chi connectivity index (χ0n) is 15.7. The summed E-state index contributed by atoms with van der Waals surface area (Å²) in [5, 5.41) is 0.988. The molecule has 1 aromatic heterocycles. The second kappa shape index (κ2) is 7.76. The van der Waals surface area contributed by atoms with Crippen LogP contribution in [0, 0.1) is 5.92 Å². The van der Waals surface area contributed by atoms with E-state index in [1.54, 1.807) is 6.33 Å². The van der Waals surface area contributed by atoms with Crippen molar-refractivity contribution in [1.82, 2.24) is 14.9 Å². The van der Waals surface area contributed by atoms with Crippen LogP contribution in [0.2, 0.25) is 0 Å². The molecule has 0 radical (unpaired) electrons. The highest BCUT2D eigenvalue weighted by atomic mass is 16.5. The Balaban J connectivity index is 1.51. The third-order valence-corrected chi connectivity index (χ3v) is 5.11. The molecule has 2 aliphatic rings. The van der Waals surface area contributed by atoms with Crippen molar-refractivity contribution >= 4 is 16.6 Å². The Morgan fingerprint density at radius 2 is 2.04 bits per heavy atom. The van der Waals surface area contributed by atoms with E-state index in [4.69, 9.17) is 9.47 Å². The number of piperazine rings is 1. The first-order chi connectivity index (χ1) is 12.7. The second-order valence-corrected chi connectivity index (χ2v) is 7.67. The van der Waals surface area contributed by atoms with Crippen molar-refractivity contribution in [2.45, 2.75) is 26.4 Å². The van der Waals surface area contributed by atoms with Gasteiger partial charge < -0.3 is 14.4 Å². The highest BCUT2D eigenvalue weighted by Gasteiger charge is 2.21. The Morgan fingerprint density at radius 3 is 2.77 bits per heavy atom. The quantitative estimate of drug-likeness (QED) is 0.821. The summed E-state index contributed by atoms with van der Waals surface area (Å²) in [5.74, 6) is 1.39. The molecule has 6 heteroatoms. The lowest BCUT2D eigenvalue weighted by Crippen LogP contribution is -2.47. The third kappa shape index (κ3) is 3.91. The molecule has 2 aliphatic heterocycles. The average Bonchev–Trinajstić information content (AvgIpc) is 3.15. The Bertz CT molecular complexity index is 738. The lowest BCUT2D eigenvalue weighted by atomic mass is 10.1. The fourth-order valence-corrected chi connectivity index (χ4v) is 3.78. The molecule has 1 unspecified atom stereocenters. The number of rotatable bonds is 5. The number of nitrogens with zero attached hydrogens (tertiary/aromatic N) is 4. The van der Waals surface area contributed by atoms with Crippen molar-refractivity contribution in [2.75, 3.05) is 50.8 Å². The van der Waals surface area contributed by atoms with E-state index in [2.05, 4.69) is 51.8 Å². The number of aromatic nitrogens is 2. The van der Waals surface area contributed by atoms with E-state index in [0.29, 0.717) is 12.5 Å². The maximum absolute atomic E-state index is 6.09. The van der Waals surface area contributed by atoms with Crippen molar-refractivity contribution in [1.29, 1.82) is 0 Å². The maximum atomic E-state index is 6.09. The number of benzene rings is 1. The first-order valence-electron chi connectivity index (χ1n) is 9.65. The fourth-order valence-electron chi connectivity index (χ4n) is 3.78. The number of ether oxygens (including phenoxy) is 2. The van der Waals surface area contributed by atoms with Gasteiger partial charge in [0.2, 0.25) is 5.88 Å².